The maximum atomic E-state index is 3.65. The Morgan fingerprint density at radius 3 is 2.52 bits per heavy atom. The van der Waals surface area contributed by atoms with Crippen molar-refractivity contribution in [1.82, 2.24) is 5.32 Å². The monoisotopic (exact) mass is 299 g/mol. The normalized spacial score (nSPS) is 18.7. The van der Waals surface area contributed by atoms with Crippen molar-refractivity contribution < 1.29 is 0 Å². The van der Waals surface area contributed by atoms with Crippen LogP contribution in [0.5, 0.6) is 0 Å². The van der Waals surface area contributed by atoms with Crippen molar-refractivity contribution in [2.45, 2.75) is 50.0 Å². The van der Waals surface area contributed by atoms with Crippen molar-refractivity contribution in [2.24, 2.45) is 0 Å². The van der Waals surface area contributed by atoms with Gasteiger partial charge < -0.3 is 5.32 Å². The van der Waals surface area contributed by atoms with E-state index in [4.69, 9.17) is 0 Å². The number of rotatable bonds is 6. The minimum Gasteiger partial charge on any atom is -0.316 e. The van der Waals surface area contributed by atoms with Crippen LogP contribution in [-0.2, 0) is 11.8 Å². The molecule has 0 aliphatic heterocycles. The van der Waals surface area contributed by atoms with E-state index in [1.165, 1.54) is 49.7 Å². The maximum Gasteiger partial charge on any atom is 0.0164 e. The Labute approximate surface area is 132 Å². The molecule has 1 saturated carbocycles. The zero-order valence-corrected chi connectivity index (χ0v) is 13.7. The zero-order valence-electron chi connectivity index (χ0n) is 12.8. The molecule has 0 radical (unpaired) electrons. The summed E-state index contributed by atoms with van der Waals surface area (Å²) in [7, 11) is 2.14. The molecular formula is C19H25NS. The molecule has 0 amide bonds. The highest BCUT2D eigenvalue weighted by Crippen LogP contribution is 2.44. The third-order valence-electron chi connectivity index (χ3n) is 5.16. The van der Waals surface area contributed by atoms with Crippen LogP contribution in [0.1, 0.15) is 43.2 Å². The van der Waals surface area contributed by atoms with Crippen LogP contribution in [0.3, 0.4) is 0 Å². The quantitative estimate of drug-likeness (QED) is 0.809. The standard InChI is InChI=1S/C19H25NS/c1-20-18(10-9-16-11-14-21-15-16)19(12-5-6-13-19)17-7-3-2-4-8-17/h2-4,7-8,11,14-15,18,20H,5-6,9-10,12-13H2,1H3. The zero-order chi connectivity index (χ0) is 14.5. The van der Waals surface area contributed by atoms with E-state index in [-0.39, 0.29) is 0 Å². The summed E-state index contributed by atoms with van der Waals surface area (Å²) in [5, 5.41) is 8.12. The van der Waals surface area contributed by atoms with Crippen LogP contribution in [0.2, 0.25) is 0 Å². The van der Waals surface area contributed by atoms with Crippen molar-refractivity contribution in [3.63, 3.8) is 0 Å². The smallest absolute Gasteiger partial charge is 0.0164 e. The number of hydrogen-bond donors (Lipinski definition) is 1. The molecule has 1 heterocycles. The molecular weight excluding hydrogens is 274 g/mol. The fraction of sp³-hybridized carbons (Fsp3) is 0.474. The average Bonchev–Trinajstić information content (AvgIpc) is 3.21. The average molecular weight is 299 g/mol. The summed E-state index contributed by atoms with van der Waals surface area (Å²) in [4.78, 5) is 0. The van der Waals surface area contributed by atoms with Gasteiger partial charge in [0.2, 0.25) is 0 Å². The van der Waals surface area contributed by atoms with Gasteiger partial charge in [-0.1, -0.05) is 43.2 Å². The van der Waals surface area contributed by atoms with Gasteiger partial charge in [0, 0.05) is 11.5 Å². The summed E-state index contributed by atoms with van der Waals surface area (Å²) in [6.45, 7) is 0. The van der Waals surface area contributed by atoms with Gasteiger partial charge in [0.1, 0.15) is 0 Å². The second-order valence-corrected chi connectivity index (χ2v) is 7.02. The van der Waals surface area contributed by atoms with E-state index in [0.717, 1.165) is 0 Å². The first-order valence-electron chi connectivity index (χ1n) is 8.09. The van der Waals surface area contributed by atoms with E-state index in [9.17, 15) is 0 Å². The molecule has 1 aliphatic carbocycles. The van der Waals surface area contributed by atoms with E-state index < -0.39 is 0 Å². The van der Waals surface area contributed by atoms with E-state index in [0.29, 0.717) is 11.5 Å². The minimum atomic E-state index is 0.339. The molecule has 0 spiro atoms. The Kier molecular flexibility index (Phi) is 4.77. The third kappa shape index (κ3) is 3.07. The number of likely N-dealkylation sites (N-methyl/N-ethyl adjacent to an activating group) is 1. The first-order valence-corrected chi connectivity index (χ1v) is 9.03. The molecule has 1 nitrogen and oxygen atoms in total. The number of thiophene rings is 1. The number of benzene rings is 1. The van der Waals surface area contributed by atoms with Gasteiger partial charge in [-0.2, -0.15) is 11.3 Å². The molecule has 21 heavy (non-hydrogen) atoms. The molecule has 3 rings (SSSR count). The first kappa shape index (κ1) is 14.8. The number of nitrogens with one attached hydrogen (secondary N) is 1. The fourth-order valence-electron chi connectivity index (χ4n) is 4.06. The number of aryl methyl sites for hydroxylation is 1. The van der Waals surface area contributed by atoms with E-state index in [1.54, 1.807) is 11.3 Å². The van der Waals surface area contributed by atoms with Gasteiger partial charge in [-0.25, -0.2) is 0 Å². The summed E-state index contributed by atoms with van der Waals surface area (Å²) < 4.78 is 0. The van der Waals surface area contributed by atoms with Crippen molar-refractivity contribution in [3.8, 4) is 0 Å². The lowest BCUT2D eigenvalue weighted by molar-refractivity contribution is 0.295. The first-order chi connectivity index (χ1) is 10.3. The van der Waals surface area contributed by atoms with Crippen LogP contribution in [-0.4, -0.2) is 13.1 Å². The lowest BCUT2D eigenvalue weighted by Crippen LogP contribution is -2.45. The van der Waals surface area contributed by atoms with Crippen LogP contribution in [0.25, 0.3) is 0 Å². The van der Waals surface area contributed by atoms with Gasteiger partial charge in [-0.3, -0.25) is 0 Å². The van der Waals surface area contributed by atoms with Crippen LogP contribution < -0.4 is 5.32 Å². The molecule has 1 atom stereocenters. The number of hydrogen-bond acceptors (Lipinski definition) is 2. The van der Waals surface area contributed by atoms with Crippen LogP contribution in [0, 0.1) is 0 Å². The lowest BCUT2D eigenvalue weighted by atomic mass is 9.71. The summed E-state index contributed by atoms with van der Waals surface area (Å²) in [5.41, 5.74) is 3.36. The Morgan fingerprint density at radius 2 is 1.90 bits per heavy atom. The summed E-state index contributed by atoms with van der Waals surface area (Å²) >= 11 is 1.81. The van der Waals surface area contributed by atoms with Gasteiger partial charge in [0.05, 0.1) is 0 Å². The van der Waals surface area contributed by atoms with Gasteiger partial charge >= 0.3 is 0 Å². The Balaban J connectivity index is 1.81. The van der Waals surface area contributed by atoms with Crippen LogP contribution >= 0.6 is 11.3 Å². The predicted molar refractivity (Wildman–Crippen MR) is 92.1 cm³/mol. The topological polar surface area (TPSA) is 12.0 Å². The molecule has 1 N–H and O–H groups in total. The SMILES string of the molecule is CNC(CCc1ccsc1)C1(c2ccccc2)CCCC1. The van der Waals surface area contributed by atoms with Gasteiger partial charge in [-0.05, 0) is 60.7 Å². The summed E-state index contributed by atoms with van der Waals surface area (Å²) in [6, 6.07) is 14.0. The molecule has 1 aliphatic rings. The molecule has 1 unspecified atom stereocenters. The Bertz CT molecular complexity index is 526. The highest BCUT2D eigenvalue weighted by Gasteiger charge is 2.41. The summed E-state index contributed by atoms with van der Waals surface area (Å²) in [6.07, 6.45) is 7.79. The molecule has 2 heteroatoms. The summed E-state index contributed by atoms with van der Waals surface area (Å²) in [5.74, 6) is 0. The third-order valence-corrected chi connectivity index (χ3v) is 5.89. The van der Waals surface area contributed by atoms with Gasteiger partial charge in [0.15, 0.2) is 0 Å². The molecule has 0 bridgehead atoms. The second-order valence-electron chi connectivity index (χ2n) is 6.24. The maximum absolute atomic E-state index is 3.65. The van der Waals surface area contributed by atoms with Crippen molar-refractivity contribution >= 4 is 11.3 Å². The minimum absolute atomic E-state index is 0.339. The molecule has 2 aromatic rings. The van der Waals surface area contributed by atoms with Crippen LogP contribution in [0.4, 0.5) is 0 Å². The lowest BCUT2D eigenvalue weighted by Gasteiger charge is -2.38. The van der Waals surface area contributed by atoms with Crippen molar-refractivity contribution in [1.29, 1.82) is 0 Å². The largest absolute Gasteiger partial charge is 0.316 e. The Morgan fingerprint density at radius 1 is 1.14 bits per heavy atom. The van der Waals surface area contributed by atoms with Gasteiger partial charge in [-0.15, -0.1) is 0 Å². The highest BCUT2D eigenvalue weighted by molar-refractivity contribution is 7.07. The second kappa shape index (κ2) is 6.76. The fourth-order valence-corrected chi connectivity index (χ4v) is 4.76. The van der Waals surface area contributed by atoms with Crippen LogP contribution in [0.15, 0.2) is 47.2 Å². The molecule has 0 saturated heterocycles. The highest BCUT2D eigenvalue weighted by atomic mass is 32.1. The molecule has 1 aromatic carbocycles. The molecule has 112 valence electrons. The van der Waals surface area contributed by atoms with Gasteiger partial charge in [0.25, 0.3) is 0 Å². The van der Waals surface area contributed by atoms with E-state index in [2.05, 4.69) is 59.5 Å². The van der Waals surface area contributed by atoms with Crippen molar-refractivity contribution in [3.05, 3.63) is 58.3 Å². The van der Waals surface area contributed by atoms with E-state index >= 15 is 0 Å². The molecule has 1 aromatic heterocycles. The predicted octanol–water partition coefficient (Wildman–Crippen LogP) is 4.78. The Hall–Kier alpha value is -1.12. The van der Waals surface area contributed by atoms with E-state index in [1.807, 2.05) is 0 Å². The van der Waals surface area contributed by atoms with Crippen molar-refractivity contribution in [2.75, 3.05) is 7.05 Å². The molecule has 1 fully saturated rings.